The second-order valence-electron chi connectivity index (χ2n) is 11.8. The van der Waals surface area contributed by atoms with E-state index in [0.29, 0.717) is 6.42 Å². The number of rotatable bonds is 28. The Bertz CT molecular complexity index is 657. The summed E-state index contributed by atoms with van der Waals surface area (Å²) >= 11 is 0. The summed E-state index contributed by atoms with van der Waals surface area (Å²) in [5, 5.41) is 30.9. The van der Waals surface area contributed by atoms with Crippen LogP contribution in [0.2, 0.25) is 0 Å². The van der Waals surface area contributed by atoms with Crippen molar-refractivity contribution in [2.75, 3.05) is 6.54 Å². The fourth-order valence-electron chi connectivity index (χ4n) is 5.89. The Morgan fingerprint density at radius 3 is 1.23 bits per heavy atom. The first-order valence-electron chi connectivity index (χ1n) is 16.3. The number of hydrogen-bond acceptors (Lipinski definition) is 4. The molecule has 0 aromatic heterocycles. The van der Waals surface area contributed by atoms with Crippen LogP contribution in [0.5, 0.6) is 0 Å². The number of quaternary nitrogens is 1. The fraction of sp³-hybridized carbons (Fsp3) is 0.848. The normalized spacial score (nSPS) is 15.5. The van der Waals surface area contributed by atoms with Crippen molar-refractivity contribution in [2.45, 2.75) is 174 Å². The third-order valence-electron chi connectivity index (χ3n) is 8.79. The molecule has 3 atom stereocenters. The van der Waals surface area contributed by atoms with Gasteiger partial charge in [0.2, 0.25) is 0 Å². The van der Waals surface area contributed by atoms with Crippen LogP contribution in [-0.2, 0) is 14.4 Å². The standard InChI is InChI=1S/C33H61NO6/c1-5-6-7-8-9-10-11-12-13-14-15-16-17-18-19-20-21-22-23-24-25-26-27-34(28(2)31(35)36,29(3)32(37)38)30(4)33(39)40/h24-25,28-30H,5-23,26-27H2,1-4H3,(H2-,35,36,37,38,39,40)/b25-24+. The second-order valence-corrected chi connectivity index (χ2v) is 11.8. The summed E-state index contributed by atoms with van der Waals surface area (Å²) in [4.78, 5) is 35.3. The topological polar surface area (TPSA) is 115 Å². The Morgan fingerprint density at radius 1 is 0.575 bits per heavy atom. The van der Waals surface area contributed by atoms with Crippen LogP contribution < -0.4 is 5.11 Å². The van der Waals surface area contributed by atoms with Crippen LogP contribution in [0.1, 0.15) is 156 Å². The van der Waals surface area contributed by atoms with E-state index in [4.69, 9.17) is 0 Å². The van der Waals surface area contributed by atoms with E-state index in [2.05, 4.69) is 6.92 Å². The van der Waals surface area contributed by atoms with Gasteiger partial charge in [0.25, 0.3) is 0 Å². The van der Waals surface area contributed by atoms with Gasteiger partial charge in [-0.3, -0.25) is 4.48 Å². The summed E-state index contributed by atoms with van der Waals surface area (Å²) in [6.45, 7) is 6.47. The van der Waals surface area contributed by atoms with E-state index < -0.39 is 40.5 Å². The summed E-state index contributed by atoms with van der Waals surface area (Å²) in [5.41, 5.74) is 0. The quantitative estimate of drug-likeness (QED) is 0.0584. The molecule has 0 aliphatic heterocycles. The molecule has 0 aromatic rings. The van der Waals surface area contributed by atoms with Gasteiger partial charge in [-0.25, -0.2) is 9.59 Å². The Hall–Kier alpha value is -1.89. The average molecular weight is 568 g/mol. The highest BCUT2D eigenvalue weighted by Crippen LogP contribution is 2.26. The summed E-state index contributed by atoms with van der Waals surface area (Å²) in [6.07, 6.45) is 29.5. The van der Waals surface area contributed by atoms with Gasteiger partial charge in [-0.05, 0) is 33.6 Å². The lowest BCUT2D eigenvalue weighted by atomic mass is 10.0. The van der Waals surface area contributed by atoms with E-state index in [0.717, 1.165) is 12.8 Å². The van der Waals surface area contributed by atoms with Crippen molar-refractivity contribution >= 4 is 17.9 Å². The molecule has 0 aromatic carbocycles. The number of carboxylic acids is 3. The Kier molecular flexibility index (Phi) is 22.7. The predicted molar refractivity (Wildman–Crippen MR) is 161 cm³/mol. The van der Waals surface area contributed by atoms with E-state index >= 15 is 0 Å². The van der Waals surface area contributed by atoms with Crippen LogP contribution in [0.25, 0.3) is 0 Å². The predicted octanol–water partition coefficient (Wildman–Crippen LogP) is 7.27. The molecule has 2 N–H and O–H groups in total. The maximum Gasteiger partial charge on any atom is 0.362 e. The molecule has 0 heterocycles. The first-order chi connectivity index (χ1) is 19.1. The molecule has 0 aliphatic rings. The second kappa shape index (κ2) is 23.8. The zero-order valence-electron chi connectivity index (χ0n) is 26.2. The number of carbonyl (C=O) groups excluding carboxylic acids is 1. The van der Waals surface area contributed by atoms with Crippen molar-refractivity contribution in [3.05, 3.63) is 12.2 Å². The maximum atomic E-state index is 11.8. The van der Waals surface area contributed by atoms with Crippen LogP contribution in [0.3, 0.4) is 0 Å². The fourth-order valence-corrected chi connectivity index (χ4v) is 5.89. The first kappa shape index (κ1) is 38.1. The Labute approximate surface area is 245 Å². The molecular weight excluding hydrogens is 506 g/mol. The molecule has 0 rings (SSSR count). The monoisotopic (exact) mass is 567 g/mol. The van der Waals surface area contributed by atoms with Gasteiger partial charge in [-0.1, -0.05) is 128 Å². The van der Waals surface area contributed by atoms with E-state index in [-0.39, 0.29) is 6.54 Å². The molecule has 40 heavy (non-hydrogen) atoms. The zero-order chi connectivity index (χ0) is 30.2. The van der Waals surface area contributed by atoms with Gasteiger partial charge < -0.3 is 20.1 Å². The van der Waals surface area contributed by atoms with Crippen molar-refractivity contribution in [3.8, 4) is 0 Å². The van der Waals surface area contributed by atoms with Crippen molar-refractivity contribution < 1.29 is 34.2 Å². The number of carbonyl (C=O) groups is 3. The summed E-state index contributed by atoms with van der Waals surface area (Å²) < 4.78 is -0.587. The number of hydrogen-bond donors (Lipinski definition) is 2. The zero-order valence-corrected chi connectivity index (χ0v) is 26.2. The van der Waals surface area contributed by atoms with Crippen LogP contribution in [0, 0.1) is 0 Å². The molecule has 0 radical (unpaired) electrons. The van der Waals surface area contributed by atoms with Gasteiger partial charge in [0.05, 0.1) is 12.5 Å². The van der Waals surface area contributed by atoms with Gasteiger partial charge >= 0.3 is 11.9 Å². The van der Waals surface area contributed by atoms with E-state index in [1.807, 2.05) is 12.2 Å². The largest absolute Gasteiger partial charge is 0.544 e. The summed E-state index contributed by atoms with van der Waals surface area (Å²) in [5.74, 6) is -3.88. The third-order valence-corrected chi connectivity index (χ3v) is 8.79. The first-order valence-corrected chi connectivity index (χ1v) is 16.3. The lowest BCUT2D eigenvalue weighted by Gasteiger charge is -2.49. The minimum Gasteiger partial charge on any atom is -0.544 e. The summed E-state index contributed by atoms with van der Waals surface area (Å²) in [7, 11) is 0. The molecule has 0 aliphatic carbocycles. The lowest BCUT2D eigenvalue weighted by molar-refractivity contribution is -0.969. The smallest absolute Gasteiger partial charge is 0.362 e. The molecule has 7 heteroatoms. The molecule has 0 bridgehead atoms. The van der Waals surface area contributed by atoms with Crippen LogP contribution in [0.4, 0.5) is 0 Å². The van der Waals surface area contributed by atoms with Crippen molar-refractivity contribution in [3.63, 3.8) is 0 Å². The number of nitrogens with zero attached hydrogens (tertiary/aromatic N) is 1. The van der Waals surface area contributed by atoms with E-state index in [1.165, 1.54) is 130 Å². The van der Waals surface area contributed by atoms with Crippen LogP contribution in [-0.4, -0.2) is 57.3 Å². The van der Waals surface area contributed by atoms with Gasteiger partial charge in [0, 0.05) is 6.42 Å². The van der Waals surface area contributed by atoms with Gasteiger partial charge in [-0.15, -0.1) is 0 Å². The molecule has 7 nitrogen and oxygen atoms in total. The van der Waals surface area contributed by atoms with Crippen molar-refractivity contribution in [2.24, 2.45) is 0 Å². The van der Waals surface area contributed by atoms with E-state index in [1.54, 1.807) is 0 Å². The average Bonchev–Trinajstić information content (AvgIpc) is 2.92. The molecule has 3 unspecified atom stereocenters. The number of unbranched alkanes of at least 4 members (excludes halogenated alkanes) is 18. The summed E-state index contributed by atoms with van der Waals surface area (Å²) in [6, 6.07) is -3.65. The van der Waals surface area contributed by atoms with Crippen molar-refractivity contribution in [1.29, 1.82) is 0 Å². The molecular formula is C33H61NO6. The van der Waals surface area contributed by atoms with E-state index in [9.17, 15) is 29.7 Å². The number of aliphatic carboxylic acids is 3. The molecule has 0 spiro atoms. The highest BCUT2D eigenvalue weighted by atomic mass is 16.4. The van der Waals surface area contributed by atoms with Gasteiger partial charge in [-0.2, -0.15) is 0 Å². The number of carboxylic acid groups (broad SMARTS) is 3. The van der Waals surface area contributed by atoms with Crippen molar-refractivity contribution in [1.82, 2.24) is 0 Å². The van der Waals surface area contributed by atoms with Crippen LogP contribution >= 0.6 is 0 Å². The SMILES string of the molecule is CCCCCCCCCCCCCCCCCCCC/C=C/CC[N+](C(C)C(=O)[O-])(C(C)C(=O)O)C(C)C(=O)O. The minimum absolute atomic E-state index is 0.103. The molecule has 0 saturated heterocycles. The molecule has 0 saturated carbocycles. The highest BCUT2D eigenvalue weighted by Gasteiger charge is 2.50. The van der Waals surface area contributed by atoms with Gasteiger partial charge in [0.1, 0.15) is 6.04 Å². The minimum atomic E-state index is -1.44. The highest BCUT2D eigenvalue weighted by molar-refractivity contribution is 5.76. The van der Waals surface area contributed by atoms with Gasteiger partial charge in [0.15, 0.2) is 12.1 Å². The molecule has 0 amide bonds. The molecule has 234 valence electrons. The molecule has 0 fully saturated rings. The third kappa shape index (κ3) is 15.8. The lowest BCUT2D eigenvalue weighted by Crippen LogP contribution is -2.71. The van der Waals surface area contributed by atoms with Crippen LogP contribution in [0.15, 0.2) is 12.2 Å². The Morgan fingerprint density at radius 2 is 0.900 bits per heavy atom. The number of allylic oxidation sites excluding steroid dienone is 1. The Balaban J connectivity index is 4.03. The maximum absolute atomic E-state index is 11.8.